The number of hydrogen-bond acceptors (Lipinski definition) is 6. The molecule has 0 aliphatic rings. The standard InChI is InChI=1S/C22H26N4O2S/c1-4-26(5-2)20-12-11-16(14-23-20)24-21(27)13-17-15-29-22(25-17)18-9-7-8-10-19(18)28-6-3/h7-12,14-15H,4-6,13H2,1-3H3,(H,24,27). The van der Waals surface area contributed by atoms with Crippen LogP contribution in [0.5, 0.6) is 5.75 Å². The lowest BCUT2D eigenvalue weighted by atomic mass is 10.2. The number of amides is 1. The molecule has 1 aromatic carbocycles. The smallest absolute Gasteiger partial charge is 0.230 e. The number of ether oxygens (including phenoxy) is 1. The first-order chi connectivity index (χ1) is 14.1. The molecular formula is C22H26N4O2S. The van der Waals surface area contributed by atoms with Crippen LogP contribution in [0.3, 0.4) is 0 Å². The molecule has 3 rings (SSSR count). The normalized spacial score (nSPS) is 10.6. The van der Waals surface area contributed by atoms with E-state index in [-0.39, 0.29) is 12.3 Å². The third kappa shape index (κ3) is 5.32. The third-order valence-corrected chi connectivity index (χ3v) is 5.35. The molecule has 0 aliphatic heterocycles. The van der Waals surface area contributed by atoms with Crippen molar-refractivity contribution < 1.29 is 9.53 Å². The summed E-state index contributed by atoms with van der Waals surface area (Å²) in [7, 11) is 0. The maximum absolute atomic E-state index is 12.4. The second-order valence-corrected chi connectivity index (χ2v) is 7.23. The summed E-state index contributed by atoms with van der Waals surface area (Å²) in [6, 6.07) is 11.6. The number of benzene rings is 1. The van der Waals surface area contributed by atoms with Crippen molar-refractivity contribution in [3.63, 3.8) is 0 Å². The average molecular weight is 411 g/mol. The Labute approximate surface area is 175 Å². The fourth-order valence-corrected chi connectivity index (χ4v) is 3.85. The zero-order valence-electron chi connectivity index (χ0n) is 17.0. The molecule has 3 aromatic rings. The number of nitrogens with one attached hydrogen (secondary N) is 1. The molecule has 7 heteroatoms. The van der Waals surface area contributed by atoms with Crippen LogP contribution in [0.15, 0.2) is 48.0 Å². The van der Waals surface area contributed by atoms with E-state index in [4.69, 9.17) is 4.74 Å². The summed E-state index contributed by atoms with van der Waals surface area (Å²) in [5.41, 5.74) is 2.37. The molecule has 0 radical (unpaired) electrons. The monoisotopic (exact) mass is 410 g/mol. The number of para-hydroxylation sites is 1. The SMILES string of the molecule is CCOc1ccccc1-c1nc(CC(=O)Nc2ccc(N(CC)CC)nc2)cs1. The summed E-state index contributed by atoms with van der Waals surface area (Å²) in [5.74, 6) is 1.60. The fourth-order valence-electron chi connectivity index (χ4n) is 3.00. The van der Waals surface area contributed by atoms with E-state index in [2.05, 4.69) is 34.0 Å². The number of thiazole rings is 1. The van der Waals surface area contributed by atoms with Gasteiger partial charge in [0.1, 0.15) is 16.6 Å². The van der Waals surface area contributed by atoms with Crippen LogP contribution in [0.1, 0.15) is 26.5 Å². The molecule has 1 N–H and O–H groups in total. The van der Waals surface area contributed by atoms with Crippen LogP contribution in [0.25, 0.3) is 10.6 Å². The molecule has 0 aliphatic carbocycles. The van der Waals surface area contributed by atoms with Gasteiger partial charge in [-0.3, -0.25) is 4.79 Å². The van der Waals surface area contributed by atoms with Gasteiger partial charge in [0.15, 0.2) is 0 Å². The Bertz CT molecular complexity index is 936. The highest BCUT2D eigenvalue weighted by molar-refractivity contribution is 7.13. The maximum atomic E-state index is 12.4. The van der Waals surface area contributed by atoms with Gasteiger partial charge in [0.25, 0.3) is 0 Å². The van der Waals surface area contributed by atoms with E-state index in [9.17, 15) is 4.79 Å². The van der Waals surface area contributed by atoms with Gasteiger partial charge < -0.3 is 15.0 Å². The molecule has 0 fully saturated rings. The molecule has 152 valence electrons. The summed E-state index contributed by atoms with van der Waals surface area (Å²) in [6.45, 7) is 8.53. The van der Waals surface area contributed by atoms with Crippen LogP contribution in [0.4, 0.5) is 11.5 Å². The van der Waals surface area contributed by atoms with E-state index in [0.29, 0.717) is 12.3 Å². The molecule has 0 atom stereocenters. The van der Waals surface area contributed by atoms with Gasteiger partial charge in [0, 0.05) is 18.5 Å². The van der Waals surface area contributed by atoms with Crippen LogP contribution < -0.4 is 15.0 Å². The van der Waals surface area contributed by atoms with Gasteiger partial charge in [0.2, 0.25) is 5.91 Å². The second kappa shape index (κ2) is 10.0. The van der Waals surface area contributed by atoms with Crippen LogP contribution in [0.2, 0.25) is 0 Å². The molecule has 29 heavy (non-hydrogen) atoms. The lowest BCUT2D eigenvalue weighted by molar-refractivity contribution is -0.115. The zero-order valence-corrected chi connectivity index (χ0v) is 17.8. The highest BCUT2D eigenvalue weighted by Gasteiger charge is 2.13. The lowest BCUT2D eigenvalue weighted by Crippen LogP contribution is -2.23. The van der Waals surface area contributed by atoms with Crippen molar-refractivity contribution in [1.29, 1.82) is 0 Å². The lowest BCUT2D eigenvalue weighted by Gasteiger charge is -2.19. The highest BCUT2D eigenvalue weighted by atomic mass is 32.1. The average Bonchev–Trinajstić information content (AvgIpc) is 3.19. The van der Waals surface area contributed by atoms with Crippen molar-refractivity contribution in [3.8, 4) is 16.3 Å². The first-order valence-corrected chi connectivity index (χ1v) is 10.7. The van der Waals surface area contributed by atoms with Crippen LogP contribution in [0, 0.1) is 0 Å². The first kappa shape index (κ1) is 20.8. The Hall–Kier alpha value is -2.93. The van der Waals surface area contributed by atoms with Crippen molar-refractivity contribution in [2.75, 3.05) is 29.9 Å². The van der Waals surface area contributed by atoms with Crippen molar-refractivity contribution in [2.24, 2.45) is 0 Å². The number of hydrogen-bond donors (Lipinski definition) is 1. The number of anilines is 2. The van der Waals surface area contributed by atoms with Crippen LogP contribution in [-0.4, -0.2) is 35.6 Å². The van der Waals surface area contributed by atoms with Crippen molar-refractivity contribution >= 4 is 28.7 Å². The van der Waals surface area contributed by atoms with Gasteiger partial charge in [-0.25, -0.2) is 9.97 Å². The topological polar surface area (TPSA) is 67.3 Å². The predicted molar refractivity (Wildman–Crippen MR) is 119 cm³/mol. The molecule has 6 nitrogen and oxygen atoms in total. The van der Waals surface area contributed by atoms with E-state index in [1.54, 1.807) is 6.20 Å². The Balaban J connectivity index is 1.64. The fraction of sp³-hybridized carbons (Fsp3) is 0.318. The zero-order chi connectivity index (χ0) is 20.6. The minimum absolute atomic E-state index is 0.114. The van der Waals surface area contributed by atoms with Gasteiger partial charge >= 0.3 is 0 Å². The molecule has 1 amide bonds. The second-order valence-electron chi connectivity index (χ2n) is 6.38. The van der Waals surface area contributed by atoms with E-state index >= 15 is 0 Å². The minimum atomic E-state index is -0.114. The quantitative estimate of drug-likeness (QED) is 0.557. The molecule has 0 saturated carbocycles. The van der Waals surface area contributed by atoms with Gasteiger partial charge in [-0.2, -0.15) is 0 Å². The van der Waals surface area contributed by atoms with Crippen LogP contribution in [-0.2, 0) is 11.2 Å². The number of nitrogens with zero attached hydrogens (tertiary/aromatic N) is 3. The maximum Gasteiger partial charge on any atom is 0.230 e. The summed E-state index contributed by atoms with van der Waals surface area (Å²) in [4.78, 5) is 23.6. The molecule has 0 spiro atoms. The third-order valence-electron chi connectivity index (χ3n) is 4.43. The predicted octanol–water partition coefficient (Wildman–Crippen LogP) is 4.63. The van der Waals surface area contributed by atoms with E-state index in [1.165, 1.54) is 11.3 Å². The molecule has 2 aromatic heterocycles. The van der Waals surface area contributed by atoms with Gasteiger partial charge in [-0.1, -0.05) is 12.1 Å². The van der Waals surface area contributed by atoms with Gasteiger partial charge in [-0.15, -0.1) is 11.3 Å². The Morgan fingerprint density at radius 3 is 2.62 bits per heavy atom. The van der Waals surface area contributed by atoms with E-state index < -0.39 is 0 Å². The number of carbonyl (C=O) groups is 1. The van der Waals surface area contributed by atoms with Crippen molar-refractivity contribution in [2.45, 2.75) is 27.2 Å². The summed E-state index contributed by atoms with van der Waals surface area (Å²) < 4.78 is 5.68. The number of aromatic nitrogens is 2. The summed E-state index contributed by atoms with van der Waals surface area (Å²) in [5, 5.41) is 5.66. The highest BCUT2D eigenvalue weighted by Crippen LogP contribution is 2.32. The minimum Gasteiger partial charge on any atom is -0.493 e. The molecule has 2 heterocycles. The number of pyridine rings is 1. The van der Waals surface area contributed by atoms with Crippen molar-refractivity contribution in [3.05, 3.63) is 53.7 Å². The Kier molecular flexibility index (Phi) is 7.19. The van der Waals surface area contributed by atoms with Crippen LogP contribution >= 0.6 is 11.3 Å². The summed E-state index contributed by atoms with van der Waals surface area (Å²) in [6.07, 6.45) is 1.90. The van der Waals surface area contributed by atoms with E-state index in [0.717, 1.165) is 40.9 Å². The molecule has 0 saturated heterocycles. The van der Waals surface area contributed by atoms with Gasteiger partial charge in [-0.05, 0) is 45.0 Å². The number of rotatable bonds is 9. The summed E-state index contributed by atoms with van der Waals surface area (Å²) >= 11 is 1.51. The first-order valence-electron chi connectivity index (χ1n) is 9.82. The largest absolute Gasteiger partial charge is 0.493 e. The van der Waals surface area contributed by atoms with E-state index in [1.807, 2.05) is 48.7 Å². The molecular weight excluding hydrogens is 384 g/mol. The number of carbonyl (C=O) groups excluding carboxylic acids is 1. The molecule has 0 bridgehead atoms. The molecule has 0 unspecified atom stereocenters. The Morgan fingerprint density at radius 1 is 1.14 bits per heavy atom. The van der Waals surface area contributed by atoms with Gasteiger partial charge in [0.05, 0.1) is 36.2 Å². The van der Waals surface area contributed by atoms with Crippen molar-refractivity contribution in [1.82, 2.24) is 9.97 Å². The Morgan fingerprint density at radius 2 is 1.93 bits per heavy atom.